The highest BCUT2D eigenvalue weighted by molar-refractivity contribution is 5.49. The summed E-state index contributed by atoms with van der Waals surface area (Å²) < 4.78 is 0. The highest BCUT2D eigenvalue weighted by atomic mass is 14.2. The number of aryl methyl sites for hydroxylation is 1. The average molecular weight is 214 g/mol. The maximum atomic E-state index is 2.42. The Morgan fingerprint density at radius 3 is 2.56 bits per heavy atom. The van der Waals surface area contributed by atoms with Crippen LogP contribution in [0.1, 0.15) is 43.7 Å². The van der Waals surface area contributed by atoms with Crippen LogP contribution in [-0.4, -0.2) is 0 Å². The van der Waals surface area contributed by atoms with Gasteiger partial charge >= 0.3 is 0 Å². The molecule has 1 aliphatic carbocycles. The maximum Gasteiger partial charge on any atom is -0.0228 e. The van der Waals surface area contributed by atoms with Crippen LogP contribution in [0, 0.1) is 18.8 Å². The van der Waals surface area contributed by atoms with Crippen LogP contribution < -0.4 is 0 Å². The molecule has 0 spiro atoms. The Morgan fingerprint density at radius 1 is 1.12 bits per heavy atom. The molecule has 1 aromatic rings. The van der Waals surface area contributed by atoms with Crippen molar-refractivity contribution in [3.63, 3.8) is 0 Å². The molecule has 0 heteroatoms. The molecule has 16 heavy (non-hydrogen) atoms. The van der Waals surface area contributed by atoms with Crippen molar-refractivity contribution in [2.24, 2.45) is 11.8 Å². The third kappa shape index (κ3) is 3.23. The predicted molar refractivity (Wildman–Crippen MR) is 71.3 cm³/mol. The first-order valence-electron chi connectivity index (χ1n) is 6.49. The molecule has 1 fully saturated rings. The molecule has 0 aromatic heterocycles. The Kier molecular flexibility index (Phi) is 3.82. The van der Waals surface area contributed by atoms with Crippen molar-refractivity contribution in [1.29, 1.82) is 0 Å². The van der Waals surface area contributed by atoms with Crippen molar-refractivity contribution >= 4 is 6.08 Å². The molecular weight excluding hydrogens is 192 g/mol. The van der Waals surface area contributed by atoms with E-state index in [0.29, 0.717) is 0 Å². The first-order valence-corrected chi connectivity index (χ1v) is 6.49. The number of rotatable bonds is 2. The summed E-state index contributed by atoms with van der Waals surface area (Å²) in [5.41, 5.74) is 2.67. The number of allylic oxidation sites excluding steroid dienone is 1. The third-order valence-corrected chi connectivity index (χ3v) is 3.62. The third-order valence-electron chi connectivity index (χ3n) is 3.62. The summed E-state index contributed by atoms with van der Waals surface area (Å²) in [6, 6.07) is 8.78. The Balaban J connectivity index is 1.95. The summed E-state index contributed by atoms with van der Waals surface area (Å²) in [6.45, 7) is 4.52. The molecule has 2 rings (SSSR count). The SMILES string of the molecule is Cc1ccc(/C=C/[C@@H]2CCC[C@H](C)C2)cc1. The zero-order chi connectivity index (χ0) is 11.4. The Morgan fingerprint density at radius 2 is 1.88 bits per heavy atom. The van der Waals surface area contributed by atoms with Crippen LogP contribution >= 0.6 is 0 Å². The summed E-state index contributed by atoms with van der Waals surface area (Å²) in [5, 5.41) is 0. The standard InChI is InChI=1S/C16H22/c1-13-6-8-15(9-7-13)10-11-16-5-3-4-14(2)12-16/h6-11,14,16H,3-5,12H2,1-2H3/b11-10+/t14-,16-/m0/s1. The van der Waals surface area contributed by atoms with E-state index < -0.39 is 0 Å². The van der Waals surface area contributed by atoms with Crippen LogP contribution in [0.15, 0.2) is 30.3 Å². The minimum absolute atomic E-state index is 0.810. The van der Waals surface area contributed by atoms with Gasteiger partial charge in [-0.3, -0.25) is 0 Å². The molecule has 0 N–H and O–H groups in total. The van der Waals surface area contributed by atoms with Gasteiger partial charge in [-0.05, 0) is 37.2 Å². The van der Waals surface area contributed by atoms with E-state index in [1.807, 2.05) is 0 Å². The average Bonchev–Trinajstić information content (AvgIpc) is 2.28. The van der Waals surface area contributed by atoms with Crippen LogP contribution in [0.3, 0.4) is 0 Å². The van der Waals surface area contributed by atoms with Crippen LogP contribution in [0.5, 0.6) is 0 Å². The van der Waals surface area contributed by atoms with Gasteiger partial charge in [-0.15, -0.1) is 0 Å². The lowest BCUT2D eigenvalue weighted by Gasteiger charge is -2.24. The quantitative estimate of drug-likeness (QED) is 0.661. The molecule has 0 radical (unpaired) electrons. The summed E-state index contributed by atoms with van der Waals surface area (Å²) in [7, 11) is 0. The zero-order valence-electron chi connectivity index (χ0n) is 10.4. The van der Waals surface area contributed by atoms with Gasteiger partial charge in [-0.25, -0.2) is 0 Å². The molecule has 0 unspecified atom stereocenters. The molecule has 0 aliphatic heterocycles. The molecule has 0 bridgehead atoms. The lowest BCUT2D eigenvalue weighted by atomic mass is 9.82. The maximum absolute atomic E-state index is 2.42. The first kappa shape index (κ1) is 11.4. The molecule has 0 heterocycles. The fraction of sp³-hybridized carbons (Fsp3) is 0.500. The van der Waals surface area contributed by atoms with Crippen LogP contribution in [0.25, 0.3) is 6.08 Å². The van der Waals surface area contributed by atoms with Gasteiger partial charge in [-0.2, -0.15) is 0 Å². The van der Waals surface area contributed by atoms with Gasteiger partial charge in [0.2, 0.25) is 0 Å². The highest BCUT2D eigenvalue weighted by Gasteiger charge is 2.15. The minimum atomic E-state index is 0.810. The van der Waals surface area contributed by atoms with Gasteiger partial charge in [0.15, 0.2) is 0 Å². The van der Waals surface area contributed by atoms with E-state index in [0.717, 1.165) is 11.8 Å². The second-order valence-corrected chi connectivity index (χ2v) is 5.30. The van der Waals surface area contributed by atoms with E-state index in [1.54, 1.807) is 0 Å². The second kappa shape index (κ2) is 5.34. The van der Waals surface area contributed by atoms with Crippen molar-refractivity contribution in [3.05, 3.63) is 41.5 Å². The Labute approximate surface area is 99.4 Å². The molecule has 0 saturated heterocycles. The van der Waals surface area contributed by atoms with E-state index in [9.17, 15) is 0 Å². The molecule has 1 saturated carbocycles. The lowest BCUT2D eigenvalue weighted by Crippen LogP contribution is -2.10. The van der Waals surface area contributed by atoms with E-state index in [-0.39, 0.29) is 0 Å². The molecule has 2 atom stereocenters. The molecule has 0 amide bonds. The fourth-order valence-corrected chi connectivity index (χ4v) is 2.58. The van der Waals surface area contributed by atoms with Crippen molar-refractivity contribution in [2.75, 3.05) is 0 Å². The predicted octanol–water partition coefficient (Wildman–Crippen LogP) is 4.83. The fourth-order valence-electron chi connectivity index (χ4n) is 2.58. The van der Waals surface area contributed by atoms with Crippen LogP contribution in [0.2, 0.25) is 0 Å². The molecule has 86 valence electrons. The van der Waals surface area contributed by atoms with Crippen molar-refractivity contribution in [3.8, 4) is 0 Å². The zero-order valence-corrected chi connectivity index (χ0v) is 10.4. The van der Waals surface area contributed by atoms with Crippen molar-refractivity contribution in [1.82, 2.24) is 0 Å². The lowest BCUT2D eigenvalue weighted by molar-refractivity contribution is 0.326. The molecule has 1 aromatic carbocycles. The van der Waals surface area contributed by atoms with E-state index in [4.69, 9.17) is 0 Å². The molecule has 1 aliphatic rings. The van der Waals surface area contributed by atoms with Crippen molar-refractivity contribution < 1.29 is 0 Å². The largest absolute Gasteiger partial charge is 0.0808 e. The summed E-state index contributed by atoms with van der Waals surface area (Å²) in [6.07, 6.45) is 10.3. The van der Waals surface area contributed by atoms with Gasteiger partial charge in [0, 0.05) is 0 Å². The Hall–Kier alpha value is -1.04. The topological polar surface area (TPSA) is 0 Å². The van der Waals surface area contributed by atoms with Crippen molar-refractivity contribution in [2.45, 2.75) is 39.5 Å². The highest BCUT2D eigenvalue weighted by Crippen LogP contribution is 2.29. The number of hydrogen-bond acceptors (Lipinski definition) is 0. The molecular formula is C16H22. The smallest absolute Gasteiger partial charge is 0.0228 e. The normalized spacial score (nSPS) is 26.1. The van der Waals surface area contributed by atoms with Gasteiger partial charge in [0.25, 0.3) is 0 Å². The van der Waals surface area contributed by atoms with E-state index in [2.05, 4.69) is 50.3 Å². The monoisotopic (exact) mass is 214 g/mol. The van der Waals surface area contributed by atoms with Gasteiger partial charge in [-0.1, -0.05) is 61.7 Å². The Bertz CT molecular complexity index is 345. The first-order chi connectivity index (χ1) is 7.74. The summed E-state index contributed by atoms with van der Waals surface area (Å²) >= 11 is 0. The van der Waals surface area contributed by atoms with Crippen LogP contribution in [0.4, 0.5) is 0 Å². The summed E-state index contributed by atoms with van der Waals surface area (Å²) in [5.74, 6) is 1.73. The second-order valence-electron chi connectivity index (χ2n) is 5.30. The van der Waals surface area contributed by atoms with Gasteiger partial charge < -0.3 is 0 Å². The van der Waals surface area contributed by atoms with Crippen LogP contribution in [-0.2, 0) is 0 Å². The van der Waals surface area contributed by atoms with Gasteiger partial charge in [0.1, 0.15) is 0 Å². The van der Waals surface area contributed by atoms with E-state index >= 15 is 0 Å². The summed E-state index contributed by atoms with van der Waals surface area (Å²) in [4.78, 5) is 0. The molecule has 0 nitrogen and oxygen atoms in total. The minimum Gasteiger partial charge on any atom is -0.0808 e. The number of hydrogen-bond donors (Lipinski definition) is 0. The number of benzene rings is 1. The van der Waals surface area contributed by atoms with Gasteiger partial charge in [0.05, 0.1) is 0 Å². The van der Waals surface area contributed by atoms with E-state index in [1.165, 1.54) is 36.8 Å².